The number of benzene rings is 3. The Hall–Kier alpha value is -3.14. The first-order valence-corrected chi connectivity index (χ1v) is 12.9. The molecule has 0 aliphatic carbocycles. The van der Waals surface area contributed by atoms with Crippen LogP contribution < -0.4 is 14.4 Å². The van der Waals surface area contributed by atoms with Crippen LogP contribution in [0.1, 0.15) is 5.56 Å². The molecule has 9 heteroatoms. The summed E-state index contributed by atoms with van der Waals surface area (Å²) in [6, 6.07) is 20.6. The Kier molecular flexibility index (Phi) is 6.55. The minimum absolute atomic E-state index is 0.190. The third kappa shape index (κ3) is 5.27. The second-order valence-corrected chi connectivity index (χ2v) is 10.8. The third-order valence-electron chi connectivity index (χ3n) is 4.77. The molecule has 0 spiro atoms. The molecule has 3 aromatic rings. The first-order chi connectivity index (χ1) is 15.7. The number of carbonyl (C=O) groups is 1. The first kappa shape index (κ1) is 23.0. The molecule has 6 nitrogen and oxygen atoms in total. The Morgan fingerprint density at radius 1 is 0.939 bits per heavy atom. The number of thioether (sulfide) groups is 1. The maximum absolute atomic E-state index is 13.0. The van der Waals surface area contributed by atoms with Crippen LogP contribution in [0.2, 0.25) is 0 Å². The van der Waals surface area contributed by atoms with Gasteiger partial charge in [0.25, 0.3) is 5.91 Å². The van der Waals surface area contributed by atoms with Gasteiger partial charge < -0.3 is 9.47 Å². The second-order valence-electron chi connectivity index (χ2n) is 7.13. The number of sulfone groups is 1. The highest BCUT2D eigenvalue weighted by Gasteiger charge is 2.33. The average molecular weight is 498 g/mol. The van der Waals surface area contributed by atoms with Gasteiger partial charge in [0.2, 0.25) is 0 Å². The minimum atomic E-state index is -3.25. The number of methoxy groups -OCH3 is 1. The molecule has 0 unspecified atom stereocenters. The van der Waals surface area contributed by atoms with Crippen molar-refractivity contribution in [1.82, 2.24) is 0 Å². The molecule has 1 heterocycles. The standard InChI is InChI=1S/C24H19NO5S3/c1-29-20-5-3-4-17(15-20)25-23(26)22(32-24(25)31)14-16-6-8-18(9-7-16)30-19-10-12-21(13-11-19)33(2,27)28/h3-15H,1-2H3. The molecule has 1 aliphatic heterocycles. The number of rotatable bonds is 6. The van der Waals surface area contributed by atoms with Crippen LogP contribution in [0.3, 0.4) is 0 Å². The summed E-state index contributed by atoms with van der Waals surface area (Å²) in [5.74, 6) is 1.56. The third-order valence-corrected chi connectivity index (χ3v) is 7.20. The van der Waals surface area contributed by atoms with Crippen molar-refractivity contribution in [2.45, 2.75) is 4.90 Å². The van der Waals surface area contributed by atoms with Crippen molar-refractivity contribution >= 4 is 55.8 Å². The maximum atomic E-state index is 13.0. The minimum Gasteiger partial charge on any atom is -0.497 e. The predicted molar refractivity (Wildman–Crippen MR) is 135 cm³/mol. The van der Waals surface area contributed by atoms with Crippen LogP contribution in [0.5, 0.6) is 17.2 Å². The number of anilines is 1. The number of carbonyl (C=O) groups excluding carboxylic acids is 1. The summed E-state index contributed by atoms with van der Waals surface area (Å²) in [4.78, 5) is 15.2. The highest BCUT2D eigenvalue weighted by atomic mass is 32.2. The zero-order chi connectivity index (χ0) is 23.6. The molecule has 1 fully saturated rings. The van der Waals surface area contributed by atoms with E-state index in [1.54, 1.807) is 49.6 Å². The van der Waals surface area contributed by atoms with Gasteiger partial charge in [-0.15, -0.1) is 0 Å². The van der Waals surface area contributed by atoms with Gasteiger partial charge in [-0.25, -0.2) is 8.42 Å². The SMILES string of the molecule is COc1cccc(N2C(=O)C(=Cc3ccc(Oc4ccc(S(C)(=O)=O)cc4)cc3)SC2=S)c1. The molecule has 168 valence electrons. The van der Waals surface area contributed by atoms with E-state index in [0.29, 0.717) is 32.2 Å². The van der Waals surface area contributed by atoms with Crippen molar-refractivity contribution in [2.75, 3.05) is 18.3 Å². The number of hydrogen-bond donors (Lipinski definition) is 0. The summed E-state index contributed by atoms with van der Waals surface area (Å²) >= 11 is 6.67. The van der Waals surface area contributed by atoms with Crippen LogP contribution in [0.4, 0.5) is 5.69 Å². The monoisotopic (exact) mass is 497 g/mol. The van der Waals surface area contributed by atoms with E-state index < -0.39 is 9.84 Å². The van der Waals surface area contributed by atoms with Crippen LogP contribution >= 0.6 is 24.0 Å². The topological polar surface area (TPSA) is 72.9 Å². The van der Waals surface area contributed by atoms with Crippen LogP contribution in [0.15, 0.2) is 82.6 Å². The quantitative estimate of drug-likeness (QED) is 0.338. The summed E-state index contributed by atoms with van der Waals surface area (Å²) < 4.78 is 34.6. The van der Waals surface area contributed by atoms with E-state index in [-0.39, 0.29) is 10.8 Å². The van der Waals surface area contributed by atoms with E-state index in [9.17, 15) is 13.2 Å². The molecule has 4 rings (SSSR count). The van der Waals surface area contributed by atoms with Crippen molar-refractivity contribution in [2.24, 2.45) is 0 Å². The van der Waals surface area contributed by atoms with E-state index >= 15 is 0 Å². The fourth-order valence-electron chi connectivity index (χ4n) is 3.11. The van der Waals surface area contributed by atoms with Crippen LogP contribution in [0.25, 0.3) is 6.08 Å². The van der Waals surface area contributed by atoms with Crippen LogP contribution in [0, 0.1) is 0 Å². The van der Waals surface area contributed by atoms with E-state index in [2.05, 4.69) is 0 Å². The van der Waals surface area contributed by atoms with E-state index in [1.165, 1.54) is 28.8 Å². The van der Waals surface area contributed by atoms with Gasteiger partial charge in [0.05, 0.1) is 22.6 Å². The highest BCUT2D eigenvalue weighted by Crippen LogP contribution is 2.37. The molecule has 0 atom stereocenters. The molecule has 33 heavy (non-hydrogen) atoms. The second kappa shape index (κ2) is 9.38. The van der Waals surface area contributed by atoms with Crippen molar-refractivity contribution < 1.29 is 22.7 Å². The Balaban J connectivity index is 1.48. The van der Waals surface area contributed by atoms with Crippen molar-refractivity contribution in [3.8, 4) is 17.2 Å². The van der Waals surface area contributed by atoms with Gasteiger partial charge in [-0.2, -0.15) is 0 Å². The fourth-order valence-corrected chi connectivity index (χ4v) is 5.04. The fraction of sp³-hybridized carbons (Fsp3) is 0.0833. The normalized spacial score (nSPS) is 15.2. The van der Waals surface area contributed by atoms with Gasteiger partial charge in [-0.05, 0) is 60.2 Å². The van der Waals surface area contributed by atoms with Gasteiger partial charge in [0.1, 0.15) is 17.2 Å². The molecule has 1 aliphatic rings. The van der Waals surface area contributed by atoms with E-state index in [0.717, 1.165) is 11.8 Å². The lowest BCUT2D eigenvalue weighted by Gasteiger charge is -2.15. The Bertz CT molecular complexity index is 1350. The van der Waals surface area contributed by atoms with E-state index in [1.807, 2.05) is 24.3 Å². The molecular formula is C24H19NO5S3. The van der Waals surface area contributed by atoms with Crippen molar-refractivity contribution in [3.05, 3.63) is 83.3 Å². The van der Waals surface area contributed by atoms with Crippen LogP contribution in [-0.4, -0.2) is 32.0 Å². The maximum Gasteiger partial charge on any atom is 0.270 e. The summed E-state index contributed by atoms with van der Waals surface area (Å²) in [6.07, 6.45) is 2.94. The Morgan fingerprint density at radius 3 is 2.18 bits per heavy atom. The predicted octanol–water partition coefficient (Wildman–Crippen LogP) is 5.30. The van der Waals surface area contributed by atoms with Gasteiger partial charge in [0, 0.05) is 12.3 Å². The zero-order valence-electron chi connectivity index (χ0n) is 17.7. The molecule has 3 aromatic carbocycles. The molecule has 0 N–H and O–H groups in total. The van der Waals surface area contributed by atoms with Crippen LogP contribution in [-0.2, 0) is 14.6 Å². The zero-order valence-corrected chi connectivity index (χ0v) is 20.2. The molecule has 1 saturated heterocycles. The molecular weight excluding hydrogens is 478 g/mol. The van der Waals surface area contributed by atoms with Gasteiger partial charge in [-0.1, -0.05) is 42.2 Å². The molecule has 0 aromatic heterocycles. The molecule has 0 radical (unpaired) electrons. The summed E-state index contributed by atoms with van der Waals surface area (Å²) in [6.45, 7) is 0. The summed E-state index contributed by atoms with van der Waals surface area (Å²) in [5.41, 5.74) is 1.48. The molecule has 1 amide bonds. The smallest absolute Gasteiger partial charge is 0.270 e. The lowest BCUT2D eigenvalue weighted by Crippen LogP contribution is -2.27. The van der Waals surface area contributed by atoms with E-state index in [4.69, 9.17) is 21.7 Å². The molecule has 0 saturated carbocycles. The average Bonchev–Trinajstić information content (AvgIpc) is 3.07. The number of nitrogens with zero attached hydrogens (tertiary/aromatic N) is 1. The Morgan fingerprint density at radius 2 is 1.58 bits per heavy atom. The summed E-state index contributed by atoms with van der Waals surface area (Å²) in [7, 11) is -1.68. The highest BCUT2D eigenvalue weighted by molar-refractivity contribution is 8.27. The van der Waals surface area contributed by atoms with Crippen molar-refractivity contribution in [1.29, 1.82) is 0 Å². The van der Waals surface area contributed by atoms with Crippen molar-refractivity contribution in [3.63, 3.8) is 0 Å². The first-order valence-electron chi connectivity index (χ1n) is 9.75. The van der Waals surface area contributed by atoms with Gasteiger partial charge in [0.15, 0.2) is 14.2 Å². The largest absolute Gasteiger partial charge is 0.497 e. The lowest BCUT2D eigenvalue weighted by molar-refractivity contribution is -0.113. The number of ether oxygens (including phenoxy) is 2. The lowest BCUT2D eigenvalue weighted by atomic mass is 10.2. The summed E-state index contributed by atoms with van der Waals surface area (Å²) in [5, 5.41) is 0. The van der Waals surface area contributed by atoms with Gasteiger partial charge >= 0.3 is 0 Å². The number of amides is 1. The Labute approximate surface area is 201 Å². The number of thiocarbonyl (C=S) groups is 1. The van der Waals surface area contributed by atoms with Gasteiger partial charge in [-0.3, -0.25) is 9.69 Å². The number of hydrogen-bond acceptors (Lipinski definition) is 7. The molecule has 0 bridgehead atoms.